The van der Waals surface area contributed by atoms with Gasteiger partial charge in [-0.2, -0.15) is 0 Å². The van der Waals surface area contributed by atoms with E-state index < -0.39 is 9.84 Å². The molecule has 2 unspecified atom stereocenters. The molecule has 0 saturated carbocycles. The average molecular weight is 269 g/mol. The first kappa shape index (κ1) is 15.2. The van der Waals surface area contributed by atoms with Gasteiger partial charge in [-0.25, -0.2) is 8.42 Å². The fourth-order valence-corrected chi connectivity index (χ4v) is 3.60. The van der Waals surface area contributed by atoms with Crippen molar-refractivity contribution >= 4 is 9.84 Å². The van der Waals surface area contributed by atoms with Crippen LogP contribution in [-0.2, 0) is 15.6 Å². The quantitative estimate of drug-likeness (QED) is 0.862. The van der Waals surface area contributed by atoms with E-state index in [4.69, 9.17) is 5.73 Å². The Hall–Kier alpha value is -0.870. The van der Waals surface area contributed by atoms with Gasteiger partial charge in [0.2, 0.25) is 0 Å². The molecule has 0 spiro atoms. The van der Waals surface area contributed by atoms with Gasteiger partial charge >= 0.3 is 0 Å². The Morgan fingerprint density at radius 3 is 2.56 bits per heavy atom. The number of hydrogen-bond donors (Lipinski definition) is 1. The minimum absolute atomic E-state index is 0.0654. The predicted octanol–water partition coefficient (Wildman–Crippen LogP) is 2.28. The summed E-state index contributed by atoms with van der Waals surface area (Å²) in [5.41, 5.74) is 7.84. The van der Waals surface area contributed by atoms with Crippen LogP contribution in [-0.4, -0.2) is 20.2 Å². The van der Waals surface area contributed by atoms with Gasteiger partial charge in [-0.1, -0.05) is 50.1 Å². The van der Waals surface area contributed by atoms with E-state index in [1.54, 1.807) is 0 Å². The van der Waals surface area contributed by atoms with Crippen LogP contribution in [0.5, 0.6) is 0 Å². The van der Waals surface area contributed by atoms with Crippen LogP contribution in [0.3, 0.4) is 0 Å². The third-order valence-corrected chi connectivity index (χ3v) is 4.96. The van der Waals surface area contributed by atoms with Crippen LogP contribution >= 0.6 is 0 Å². The molecule has 3 nitrogen and oxygen atoms in total. The summed E-state index contributed by atoms with van der Waals surface area (Å²) < 4.78 is 24.1. The van der Waals surface area contributed by atoms with Crippen molar-refractivity contribution in [1.82, 2.24) is 0 Å². The first-order valence-corrected chi connectivity index (χ1v) is 8.17. The zero-order chi connectivity index (χ0) is 13.8. The third kappa shape index (κ3) is 4.78. The molecule has 0 aliphatic rings. The Labute approximate surface area is 110 Å². The molecule has 0 aliphatic heterocycles. The lowest BCUT2D eigenvalue weighted by molar-refractivity contribution is 0.466. The second-order valence-electron chi connectivity index (χ2n) is 5.09. The monoisotopic (exact) mass is 269 g/mol. The van der Waals surface area contributed by atoms with Crippen molar-refractivity contribution in [3.63, 3.8) is 0 Å². The van der Waals surface area contributed by atoms with Gasteiger partial charge in [-0.3, -0.25) is 0 Å². The molecule has 2 N–H and O–H groups in total. The van der Waals surface area contributed by atoms with Crippen molar-refractivity contribution in [2.75, 3.05) is 5.75 Å². The second kappa shape index (κ2) is 6.34. The molecule has 1 aromatic carbocycles. The summed E-state index contributed by atoms with van der Waals surface area (Å²) >= 11 is 0. The zero-order valence-corrected chi connectivity index (χ0v) is 12.2. The number of nitrogens with two attached hydrogens (primary N) is 1. The SMILES string of the molecule is CCC(C)C(N)CS(=O)(=O)Cc1cccc(C)c1. The molecule has 2 atom stereocenters. The number of benzene rings is 1. The molecule has 0 aromatic heterocycles. The topological polar surface area (TPSA) is 60.2 Å². The number of sulfone groups is 1. The predicted molar refractivity (Wildman–Crippen MR) is 76.1 cm³/mol. The highest BCUT2D eigenvalue weighted by atomic mass is 32.2. The average Bonchev–Trinajstić information content (AvgIpc) is 2.26. The minimum atomic E-state index is -3.13. The van der Waals surface area contributed by atoms with Gasteiger partial charge < -0.3 is 5.73 Å². The van der Waals surface area contributed by atoms with E-state index in [-0.39, 0.29) is 23.5 Å². The van der Waals surface area contributed by atoms with Crippen molar-refractivity contribution in [2.45, 2.75) is 39.0 Å². The lowest BCUT2D eigenvalue weighted by atomic mass is 10.0. The van der Waals surface area contributed by atoms with Crippen molar-refractivity contribution in [3.8, 4) is 0 Å². The van der Waals surface area contributed by atoms with Crippen LogP contribution in [0.25, 0.3) is 0 Å². The maximum Gasteiger partial charge on any atom is 0.155 e. The summed E-state index contributed by atoms with van der Waals surface area (Å²) in [6, 6.07) is 7.33. The smallest absolute Gasteiger partial charge is 0.155 e. The van der Waals surface area contributed by atoms with Crippen LogP contribution < -0.4 is 5.73 Å². The molecule has 0 heterocycles. The summed E-state index contributed by atoms with van der Waals surface area (Å²) in [5.74, 6) is 0.381. The normalized spacial score (nSPS) is 15.3. The fraction of sp³-hybridized carbons (Fsp3) is 0.571. The Morgan fingerprint density at radius 2 is 2.00 bits per heavy atom. The summed E-state index contributed by atoms with van der Waals surface area (Å²) in [4.78, 5) is 0. The molecule has 0 aliphatic carbocycles. The van der Waals surface area contributed by atoms with E-state index >= 15 is 0 Å². The Morgan fingerprint density at radius 1 is 1.33 bits per heavy atom. The van der Waals surface area contributed by atoms with Gasteiger partial charge in [0.15, 0.2) is 9.84 Å². The number of rotatable bonds is 6. The highest BCUT2D eigenvalue weighted by Gasteiger charge is 2.20. The number of hydrogen-bond acceptors (Lipinski definition) is 3. The first-order valence-electron chi connectivity index (χ1n) is 6.35. The molecule has 18 heavy (non-hydrogen) atoms. The highest BCUT2D eigenvalue weighted by molar-refractivity contribution is 7.90. The van der Waals surface area contributed by atoms with E-state index in [0.717, 1.165) is 17.5 Å². The lowest BCUT2D eigenvalue weighted by Gasteiger charge is -2.18. The molecule has 0 fully saturated rings. The molecule has 0 radical (unpaired) electrons. The van der Waals surface area contributed by atoms with Crippen LogP contribution in [0.15, 0.2) is 24.3 Å². The Bertz CT molecular complexity index is 482. The van der Waals surface area contributed by atoms with Crippen molar-refractivity contribution in [1.29, 1.82) is 0 Å². The van der Waals surface area contributed by atoms with E-state index in [1.807, 2.05) is 45.0 Å². The molecule has 0 bridgehead atoms. The molecule has 102 valence electrons. The molecule has 1 aromatic rings. The van der Waals surface area contributed by atoms with Crippen LogP contribution in [0.4, 0.5) is 0 Å². The minimum Gasteiger partial charge on any atom is -0.327 e. The van der Waals surface area contributed by atoms with Crippen LogP contribution in [0.1, 0.15) is 31.4 Å². The van der Waals surface area contributed by atoms with E-state index in [9.17, 15) is 8.42 Å². The summed E-state index contributed by atoms with van der Waals surface area (Å²) in [6.45, 7) is 5.98. The van der Waals surface area contributed by atoms with Crippen LogP contribution in [0, 0.1) is 12.8 Å². The molecule has 0 saturated heterocycles. The summed E-state index contributed by atoms with van der Waals surface area (Å²) in [7, 11) is -3.13. The summed E-state index contributed by atoms with van der Waals surface area (Å²) in [6.07, 6.45) is 0.904. The zero-order valence-electron chi connectivity index (χ0n) is 11.4. The van der Waals surface area contributed by atoms with E-state index in [2.05, 4.69) is 0 Å². The molecule has 4 heteroatoms. The maximum absolute atomic E-state index is 12.1. The van der Waals surface area contributed by atoms with Gasteiger partial charge in [-0.05, 0) is 18.4 Å². The molecule has 1 rings (SSSR count). The molecular weight excluding hydrogens is 246 g/mol. The largest absolute Gasteiger partial charge is 0.327 e. The maximum atomic E-state index is 12.1. The van der Waals surface area contributed by atoms with E-state index in [1.165, 1.54) is 0 Å². The van der Waals surface area contributed by atoms with Crippen LogP contribution in [0.2, 0.25) is 0 Å². The van der Waals surface area contributed by atoms with Crippen molar-refractivity contribution in [3.05, 3.63) is 35.4 Å². The standard InChI is InChI=1S/C14H23NO2S/c1-4-12(3)14(15)10-18(16,17)9-13-7-5-6-11(2)8-13/h5-8,12,14H,4,9-10,15H2,1-3H3. The fourth-order valence-electron chi connectivity index (χ4n) is 1.88. The summed E-state index contributed by atoms with van der Waals surface area (Å²) in [5, 5.41) is 0. The van der Waals surface area contributed by atoms with Crippen molar-refractivity contribution < 1.29 is 8.42 Å². The Kier molecular flexibility index (Phi) is 5.35. The lowest BCUT2D eigenvalue weighted by Crippen LogP contribution is -2.35. The van der Waals surface area contributed by atoms with Gasteiger partial charge in [-0.15, -0.1) is 0 Å². The van der Waals surface area contributed by atoms with Crippen molar-refractivity contribution in [2.24, 2.45) is 11.7 Å². The van der Waals surface area contributed by atoms with E-state index in [0.29, 0.717) is 0 Å². The van der Waals surface area contributed by atoms with Gasteiger partial charge in [0, 0.05) is 6.04 Å². The molecule has 0 amide bonds. The van der Waals surface area contributed by atoms with Gasteiger partial charge in [0.1, 0.15) is 0 Å². The first-order chi connectivity index (χ1) is 8.34. The van der Waals surface area contributed by atoms with Gasteiger partial charge in [0.25, 0.3) is 0 Å². The number of aryl methyl sites for hydroxylation is 1. The second-order valence-corrected chi connectivity index (χ2v) is 7.20. The third-order valence-electron chi connectivity index (χ3n) is 3.29. The molecular formula is C14H23NO2S. The van der Waals surface area contributed by atoms with Gasteiger partial charge in [0.05, 0.1) is 11.5 Å². The highest BCUT2D eigenvalue weighted by Crippen LogP contribution is 2.13. The Balaban J connectivity index is 2.71.